The number of ether oxygens (including phenoxy) is 1. The van der Waals surface area contributed by atoms with Gasteiger partial charge in [0.15, 0.2) is 0 Å². The monoisotopic (exact) mass is 239 g/mol. The van der Waals surface area contributed by atoms with Crippen LogP contribution in [0, 0.1) is 32.1 Å². The van der Waals surface area contributed by atoms with Crippen molar-refractivity contribution in [2.24, 2.45) is 0 Å². The molecule has 0 saturated carbocycles. The van der Waals surface area contributed by atoms with Gasteiger partial charge in [0.1, 0.15) is 17.5 Å². The van der Waals surface area contributed by atoms with E-state index in [0.717, 1.165) is 11.1 Å². The summed E-state index contributed by atoms with van der Waals surface area (Å²) in [4.78, 5) is 8.19. The predicted octanol–water partition coefficient (Wildman–Crippen LogP) is 3.07. The second-order valence-corrected chi connectivity index (χ2v) is 4.16. The molecule has 2 rings (SSSR count). The minimum atomic E-state index is 0.209. The molecule has 0 bridgehead atoms. The zero-order valence-electron chi connectivity index (χ0n) is 10.6. The van der Waals surface area contributed by atoms with Crippen LogP contribution in [-0.2, 0) is 0 Å². The zero-order valence-corrected chi connectivity index (χ0v) is 10.6. The molecule has 0 aliphatic heterocycles. The topological polar surface area (TPSA) is 58.8 Å². The van der Waals surface area contributed by atoms with E-state index in [0.29, 0.717) is 17.1 Å². The molecule has 0 spiro atoms. The molecule has 0 fully saturated rings. The van der Waals surface area contributed by atoms with E-state index in [2.05, 4.69) is 9.97 Å². The molecule has 0 saturated heterocycles. The van der Waals surface area contributed by atoms with Crippen LogP contribution in [0.15, 0.2) is 24.3 Å². The number of hydrogen-bond acceptors (Lipinski definition) is 4. The van der Waals surface area contributed by atoms with Gasteiger partial charge in [-0.15, -0.1) is 0 Å². The van der Waals surface area contributed by atoms with Gasteiger partial charge in [-0.05, 0) is 44.0 Å². The molecular weight excluding hydrogens is 226 g/mol. The molecule has 1 heterocycles. The van der Waals surface area contributed by atoms with E-state index in [1.165, 1.54) is 0 Å². The summed E-state index contributed by atoms with van der Waals surface area (Å²) in [6, 6.07) is 9.73. The Balaban J connectivity index is 2.37. The van der Waals surface area contributed by atoms with Crippen molar-refractivity contribution in [1.29, 1.82) is 5.26 Å². The lowest BCUT2D eigenvalue weighted by molar-refractivity contribution is 0.436. The molecule has 0 aliphatic rings. The number of nitrogens with zero attached hydrogens (tertiary/aromatic N) is 3. The van der Waals surface area contributed by atoms with Crippen molar-refractivity contribution in [2.45, 2.75) is 20.8 Å². The predicted molar refractivity (Wildman–Crippen MR) is 67.5 cm³/mol. The second-order valence-electron chi connectivity index (χ2n) is 4.16. The Morgan fingerprint density at radius 3 is 2.61 bits per heavy atom. The van der Waals surface area contributed by atoms with Gasteiger partial charge in [0, 0.05) is 5.69 Å². The van der Waals surface area contributed by atoms with Gasteiger partial charge < -0.3 is 4.74 Å². The summed E-state index contributed by atoms with van der Waals surface area (Å²) < 4.78 is 5.64. The molecule has 0 radical (unpaired) electrons. The molecule has 1 aromatic carbocycles. The molecule has 1 aromatic heterocycles. The SMILES string of the molecule is Cc1ccc(C)c(Oc2nc(C)cc(C#N)n2)c1. The fourth-order valence-corrected chi connectivity index (χ4v) is 1.56. The van der Waals surface area contributed by atoms with Crippen LogP contribution in [0.4, 0.5) is 0 Å². The lowest BCUT2D eigenvalue weighted by Gasteiger charge is -2.08. The van der Waals surface area contributed by atoms with Crippen LogP contribution >= 0.6 is 0 Å². The minimum absolute atomic E-state index is 0.209. The molecular formula is C14H13N3O. The van der Waals surface area contributed by atoms with Gasteiger partial charge in [0.25, 0.3) is 0 Å². The summed E-state index contributed by atoms with van der Waals surface area (Å²) in [5.41, 5.74) is 3.12. The number of aromatic nitrogens is 2. The number of nitriles is 1. The molecule has 2 aromatic rings. The molecule has 0 amide bonds. The van der Waals surface area contributed by atoms with Crippen molar-refractivity contribution in [1.82, 2.24) is 9.97 Å². The quantitative estimate of drug-likeness (QED) is 0.808. The van der Waals surface area contributed by atoms with Crippen LogP contribution in [0.1, 0.15) is 22.5 Å². The molecule has 0 N–H and O–H groups in total. The summed E-state index contributed by atoms with van der Waals surface area (Å²) in [5, 5.41) is 8.86. The standard InChI is InChI=1S/C14H13N3O/c1-9-4-5-10(2)13(6-9)18-14-16-11(3)7-12(8-15)17-14/h4-7H,1-3H3. The van der Waals surface area contributed by atoms with Crippen molar-refractivity contribution in [3.63, 3.8) is 0 Å². The summed E-state index contributed by atoms with van der Waals surface area (Å²) in [6.07, 6.45) is 0. The van der Waals surface area contributed by atoms with Gasteiger partial charge in [0.2, 0.25) is 0 Å². The Morgan fingerprint density at radius 1 is 1.11 bits per heavy atom. The van der Waals surface area contributed by atoms with Gasteiger partial charge in [-0.3, -0.25) is 0 Å². The van der Waals surface area contributed by atoms with Gasteiger partial charge >= 0.3 is 6.01 Å². The molecule has 4 heteroatoms. The Labute approximate surface area is 106 Å². The first-order valence-corrected chi connectivity index (χ1v) is 5.59. The highest BCUT2D eigenvalue weighted by Crippen LogP contribution is 2.23. The average molecular weight is 239 g/mol. The van der Waals surface area contributed by atoms with E-state index in [9.17, 15) is 0 Å². The molecule has 4 nitrogen and oxygen atoms in total. The van der Waals surface area contributed by atoms with Crippen molar-refractivity contribution in [3.05, 3.63) is 46.8 Å². The fraction of sp³-hybridized carbons (Fsp3) is 0.214. The first kappa shape index (κ1) is 12.1. The number of rotatable bonds is 2. The maximum absolute atomic E-state index is 8.86. The highest BCUT2D eigenvalue weighted by Gasteiger charge is 2.06. The van der Waals surface area contributed by atoms with E-state index in [1.54, 1.807) is 13.0 Å². The Morgan fingerprint density at radius 2 is 1.89 bits per heavy atom. The summed E-state index contributed by atoms with van der Waals surface area (Å²) >= 11 is 0. The van der Waals surface area contributed by atoms with Crippen molar-refractivity contribution in [2.75, 3.05) is 0 Å². The highest BCUT2D eigenvalue weighted by molar-refractivity contribution is 5.38. The molecule has 18 heavy (non-hydrogen) atoms. The van der Waals surface area contributed by atoms with Crippen molar-refractivity contribution in [3.8, 4) is 17.8 Å². The smallest absolute Gasteiger partial charge is 0.323 e. The maximum Gasteiger partial charge on any atom is 0.323 e. The maximum atomic E-state index is 8.86. The van der Waals surface area contributed by atoms with Gasteiger partial charge in [0.05, 0.1) is 0 Å². The van der Waals surface area contributed by atoms with E-state index in [-0.39, 0.29) is 6.01 Å². The van der Waals surface area contributed by atoms with Crippen LogP contribution in [0.3, 0.4) is 0 Å². The van der Waals surface area contributed by atoms with Gasteiger partial charge in [-0.1, -0.05) is 12.1 Å². The van der Waals surface area contributed by atoms with Crippen LogP contribution < -0.4 is 4.74 Å². The normalized spacial score (nSPS) is 9.89. The summed E-state index contributed by atoms with van der Waals surface area (Å²) in [5.74, 6) is 0.712. The molecule has 90 valence electrons. The number of aryl methyl sites for hydroxylation is 3. The minimum Gasteiger partial charge on any atom is -0.424 e. The Hall–Kier alpha value is -2.41. The Bertz CT molecular complexity index is 629. The fourth-order valence-electron chi connectivity index (χ4n) is 1.56. The van der Waals surface area contributed by atoms with Crippen LogP contribution in [-0.4, -0.2) is 9.97 Å². The number of benzene rings is 1. The van der Waals surface area contributed by atoms with E-state index >= 15 is 0 Å². The second kappa shape index (κ2) is 4.84. The molecule has 0 unspecified atom stereocenters. The van der Waals surface area contributed by atoms with Gasteiger partial charge in [-0.25, -0.2) is 4.98 Å². The Kier molecular flexibility index (Phi) is 3.24. The molecule has 0 aliphatic carbocycles. The third-order valence-electron chi connectivity index (χ3n) is 2.49. The van der Waals surface area contributed by atoms with Crippen LogP contribution in [0.2, 0.25) is 0 Å². The van der Waals surface area contributed by atoms with E-state index in [1.807, 2.05) is 38.1 Å². The van der Waals surface area contributed by atoms with Gasteiger partial charge in [-0.2, -0.15) is 10.2 Å². The van der Waals surface area contributed by atoms with Crippen LogP contribution in [0.5, 0.6) is 11.8 Å². The lowest BCUT2D eigenvalue weighted by atomic mass is 10.1. The zero-order chi connectivity index (χ0) is 13.1. The number of hydrogen-bond donors (Lipinski definition) is 0. The summed E-state index contributed by atoms with van der Waals surface area (Å²) in [7, 11) is 0. The lowest BCUT2D eigenvalue weighted by Crippen LogP contribution is -1.97. The van der Waals surface area contributed by atoms with Crippen LogP contribution in [0.25, 0.3) is 0 Å². The van der Waals surface area contributed by atoms with Crippen molar-refractivity contribution >= 4 is 0 Å². The third kappa shape index (κ3) is 2.64. The first-order valence-electron chi connectivity index (χ1n) is 5.59. The van der Waals surface area contributed by atoms with E-state index in [4.69, 9.17) is 10.00 Å². The highest BCUT2D eigenvalue weighted by atomic mass is 16.5. The van der Waals surface area contributed by atoms with Crippen molar-refractivity contribution < 1.29 is 4.74 Å². The third-order valence-corrected chi connectivity index (χ3v) is 2.49. The average Bonchev–Trinajstić information content (AvgIpc) is 2.33. The molecule has 0 atom stereocenters. The largest absolute Gasteiger partial charge is 0.424 e. The summed E-state index contributed by atoms with van der Waals surface area (Å²) in [6.45, 7) is 5.75. The first-order chi connectivity index (χ1) is 8.58. The van der Waals surface area contributed by atoms with E-state index < -0.39 is 0 Å².